The molecule has 0 N–H and O–H groups in total. The fourth-order valence-corrected chi connectivity index (χ4v) is 4.23. The number of nitrogens with zero attached hydrogens (tertiary/aromatic N) is 5. The van der Waals surface area contributed by atoms with Crippen molar-refractivity contribution in [1.82, 2.24) is 13.9 Å². The van der Waals surface area contributed by atoms with Gasteiger partial charge >= 0.3 is 5.82 Å². The summed E-state index contributed by atoms with van der Waals surface area (Å²) < 4.78 is 28.2. The van der Waals surface area contributed by atoms with Gasteiger partial charge in [0, 0.05) is 33.2 Å². The van der Waals surface area contributed by atoms with Gasteiger partial charge in [0.2, 0.25) is 22.2 Å². The summed E-state index contributed by atoms with van der Waals surface area (Å²) in [5, 5.41) is 11.1. The number of imidazole rings is 1. The smallest absolute Gasteiger partial charge is 0.358 e. The minimum atomic E-state index is -3.54. The van der Waals surface area contributed by atoms with E-state index in [0.717, 1.165) is 0 Å². The third-order valence-electron chi connectivity index (χ3n) is 3.98. The van der Waals surface area contributed by atoms with Crippen molar-refractivity contribution in [2.75, 3.05) is 31.1 Å². The molecule has 2 heterocycles. The van der Waals surface area contributed by atoms with Gasteiger partial charge in [0.15, 0.2) is 0 Å². The number of anilines is 1. The summed E-state index contributed by atoms with van der Waals surface area (Å²) in [6.45, 7) is 1.26. The Balaban J connectivity index is 1.78. The van der Waals surface area contributed by atoms with E-state index in [1.807, 2.05) is 0 Å². The maximum Gasteiger partial charge on any atom is 0.406 e. The monoisotopic (exact) mass is 351 g/mol. The maximum absolute atomic E-state index is 12.6. The zero-order valence-corrected chi connectivity index (χ0v) is 13.9. The van der Waals surface area contributed by atoms with Gasteiger partial charge in [-0.3, -0.25) is 4.57 Å². The molecule has 10 heteroatoms. The first kappa shape index (κ1) is 16.4. The molecule has 0 spiro atoms. The molecule has 3 rings (SSSR count). The molecule has 1 aliphatic heterocycles. The van der Waals surface area contributed by atoms with Crippen LogP contribution in [0.4, 0.5) is 11.6 Å². The average Bonchev–Trinajstić information content (AvgIpc) is 2.97. The Hall–Kier alpha value is -2.46. The third-order valence-corrected chi connectivity index (χ3v) is 5.89. The van der Waals surface area contributed by atoms with Gasteiger partial charge in [-0.05, 0) is 22.0 Å². The van der Waals surface area contributed by atoms with Gasteiger partial charge in [0.1, 0.15) is 0 Å². The number of rotatable bonds is 4. The molecule has 0 atom stereocenters. The largest absolute Gasteiger partial charge is 0.406 e. The van der Waals surface area contributed by atoms with E-state index in [1.165, 1.54) is 10.6 Å². The molecule has 9 nitrogen and oxygen atoms in total. The van der Waals surface area contributed by atoms with Crippen molar-refractivity contribution in [3.63, 3.8) is 0 Å². The first-order valence-corrected chi connectivity index (χ1v) is 8.81. The fraction of sp³-hybridized carbons (Fsp3) is 0.357. The molecule has 128 valence electrons. The van der Waals surface area contributed by atoms with Crippen molar-refractivity contribution in [2.45, 2.75) is 4.90 Å². The van der Waals surface area contributed by atoms with Crippen LogP contribution >= 0.6 is 0 Å². The van der Waals surface area contributed by atoms with E-state index < -0.39 is 14.9 Å². The van der Waals surface area contributed by atoms with Crippen LogP contribution in [-0.2, 0) is 17.1 Å². The Morgan fingerprint density at radius 1 is 1.12 bits per heavy atom. The summed E-state index contributed by atoms with van der Waals surface area (Å²) in [6, 6.07) is 8.25. The standard InChI is InChI=1S/C14H17N5O4S/c1-16-11-15-13(19(20)21)14(16)17-7-9-18(10-8-17)24(22,23)12-5-3-2-4-6-12/h2-6,11H,7-10H2,1H3. The first-order chi connectivity index (χ1) is 11.4. The van der Waals surface area contributed by atoms with Crippen molar-refractivity contribution in [3.8, 4) is 0 Å². The van der Waals surface area contributed by atoms with Crippen molar-refractivity contribution in [1.29, 1.82) is 0 Å². The summed E-state index contributed by atoms with van der Waals surface area (Å²) in [5.41, 5.74) is 0. The lowest BCUT2D eigenvalue weighted by Gasteiger charge is -2.34. The van der Waals surface area contributed by atoms with Crippen LogP contribution in [0.15, 0.2) is 41.6 Å². The predicted octanol–water partition coefficient (Wildman–Crippen LogP) is 0.839. The Morgan fingerprint density at radius 3 is 2.33 bits per heavy atom. The number of hydrogen-bond acceptors (Lipinski definition) is 6. The molecular weight excluding hydrogens is 334 g/mol. The lowest BCUT2D eigenvalue weighted by molar-refractivity contribution is -0.388. The second-order valence-corrected chi connectivity index (χ2v) is 7.40. The summed E-state index contributed by atoms with van der Waals surface area (Å²) in [4.78, 5) is 16.4. The van der Waals surface area contributed by atoms with E-state index in [4.69, 9.17) is 0 Å². The molecule has 0 bridgehead atoms. The topological polar surface area (TPSA) is 102 Å². The number of nitro groups is 1. The molecule has 2 aromatic rings. The quantitative estimate of drug-likeness (QED) is 0.597. The van der Waals surface area contributed by atoms with E-state index >= 15 is 0 Å². The third kappa shape index (κ3) is 2.85. The molecule has 1 fully saturated rings. The predicted molar refractivity (Wildman–Crippen MR) is 87.3 cm³/mol. The van der Waals surface area contributed by atoms with Gasteiger partial charge in [-0.25, -0.2) is 8.42 Å². The second-order valence-electron chi connectivity index (χ2n) is 5.46. The Labute approximate surface area is 139 Å². The lowest BCUT2D eigenvalue weighted by atomic mass is 10.3. The Kier molecular flexibility index (Phi) is 4.24. The van der Waals surface area contributed by atoms with Gasteiger partial charge in [0.25, 0.3) is 0 Å². The van der Waals surface area contributed by atoms with Crippen LogP contribution in [0.25, 0.3) is 0 Å². The van der Waals surface area contributed by atoms with E-state index in [1.54, 1.807) is 46.8 Å². The summed E-state index contributed by atoms with van der Waals surface area (Å²) >= 11 is 0. The molecule has 1 aliphatic rings. The molecule has 1 aromatic heterocycles. The van der Waals surface area contributed by atoms with E-state index in [-0.39, 0.29) is 23.8 Å². The minimum absolute atomic E-state index is 0.211. The molecule has 1 saturated heterocycles. The molecular formula is C14H17N5O4S. The number of aryl methyl sites for hydroxylation is 1. The summed E-state index contributed by atoms with van der Waals surface area (Å²) in [7, 11) is -1.86. The van der Waals surface area contributed by atoms with E-state index in [2.05, 4.69) is 4.98 Å². The van der Waals surface area contributed by atoms with Crippen molar-refractivity contribution >= 4 is 21.7 Å². The minimum Gasteiger partial charge on any atom is -0.358 e. The summed E-state index contributed by atoms with van der Waals surface area (Å²) in [5.74, 6) is 0.189. The van der Waals surface area contributed by atoms with E-state index in [0.29, 0.717) is 18.9 Å². The Morgan fingerprint density at radius 2 is 1.75 bits per heavy atom. The highest BCUT2D eigenvalue weighted by molar-refractivity contribution is 7.89. The van der Waals surface area contributed by atoms with Crippen LogP contribution < -0.4 is 4.90 Å². The van der Waals surface area contributed by atoms with Gasteiger partial charge < -0.3 is 15.0 Å². The number of sulfonamides is 1. The zero-order valence-electron chi connectivity index (χ0n) is 13.1. The fourth-order valence-electron chi connectivity index (χ4n) is 2.79. The van der Waals surface area contributed by atoms with Crippen LogP contribution in [-0.4, -0.2) is 53.4 Å². The SMILES string of the molecule is Cn1cnc([N+](=O)[O-])c1N1CCN(S(=O)(=O)c2ccccc2)CC1. The van der Waals surface area contributed by atoms with Crippen LogP contribution in [0.3, 0.4) is 0 Å². The maximum atomic E-state index is 12.6. The molecule has 1 aromatic carbocycles. The first-order valence-electron chi connectivity index (χ1n) is 7.37. The zero-order chi connectivity index (χ0) is 17.3. The molecule has 0 saturated carbocycles. The average molecular weight is 351 g/mol. The highest BCUT2D eigenvalue weighted by Gasteiger charge is 2.32. The van der Waals surface area contributed by atoms with Crippen molar-refractivity contribution < 1.29 is 13.3 Å². The number of aromatic nitrogens is 2. The number of piperazine rings is 1. The molecule has 0 aliphatic carbocycles. The van der Waals surface area contributed by atoms with Gasteiger partial charge in [-0.15, -0.1) is 0 Å². The Bertz CT molecular complexity index is 841. The van der Waals surface area contributed by atoms with Crippen LogP contribution in [0.2, 0.25) is 0 Å². The lowest BCUT2D eigenvalue weighted by Crippen LogP contribution is -2.49. The highest BCUT2D eigenvalue weighted by Crippen LogP contribution is 2.27. The molecule has 0 unspecified atom stereocenters. The summed E-state index contributed by atoms with van der Waals surface area (Å²) in [6.07, 6.45) is 1.39. The highest BCUT2D eigenvalue weighted by atomic mass is 32.2. The van der Waals surface area contributed by atoms with Gasteiger partial charge in [-0.2, -0.15) is 4.31 Å². The molecule has 24 heavy (non-hydrogen) atoms. The second kappa shape index (κ2) is 6.21. The van der Waals surface area contributed by atoms with Crippen molar-refractivity contribution in [3.05, 3.63) is 46.8 Å². The van der Waals surface area contributed by atoms with Gasteiger partial charge in [-0.1, -0.05) is 18.2 Å². The van der Waals surface area contributed by atoms with Crippen molar-refractivity contribution in [2.24, 2.45) is 7.05 Å². The number of hydrogen-bond donors (Lipinski definition) is 0. The van der Waals surface area contributed by atoms with Crippen LogP contribution in [0.1, 0.15) is 0 Å². The normalized spacial score (nSPS) is 16.3. The number of benzene rings is 1. The van der Waals surface area contributed by atoms with E-state index in [9.17, 15) is 18.5 Å². The molecule has 0 amide bonds. The molecule has 0 radical (unpaired) electrons. The van der Waals surface area contributed by atoms with Gasteiger partial charge in [0.05, 0.1) is 4.90 Å². The van der Waals surface area contributed by atoms with Crippen LogP contribution in [0, 0.1) is 10.1 Å². The van der Waals surface area contributed by atoms with Crippen LogP contribution in [0.5, 0.6) is 0 Å².